The van der Waals surface area contributed by atoms with Gasteiger partial charge in [-0.25, -0.2) is 0 Å². The Balaban J connectivity index is 2.60. The first-order valence-electron chi connectivity index (χ1n) is 7.48. The van der Waals surface area contributed by atoms with Gasteiger partial charge in [0.2, 0.25) is 0 Å². The number of hydrogen-bond acceptors (Lipinski definition) is 5. The highest BCUT2D eigenvalue weighted by Gasteiger charge is 2.44. The Morgan fingerprint density at radius 3 is 2.25 bits per heavy atom. The van der Waals surface area contributed by atoms with E-state index < -0.39 is 0 Å². The molecule has 0 unspecified atom stereocenters. The molecule has 1 fully saturated rings. The van der Waals surface area contributed by atoms with Gasteiger partial charge in [0.05, 0.1) is 38.1 Å². The van der Waals surface area contributed by atoms with Crippen molar-refractivity contribution in [3.63, 3.8) is 0 Å². The second kappa shape index (κ2) is 8.95. The third kappa shape index (κ3) is 5.66. The van der Waals surface area contributed by atoms with Gasteiger partial charge in [-0.05, 0) is 34.6 Å². The minimum Gasteiger partial charge on any atom is -0.382 e. The van der Waals surface area contributed by atoms with Crippen LogP contribution in [0.25, 0.3) is 0 Å². The van der Waals surface area contributed by atoms with Gasteiger partial charge in [0, 0.05) is 7.11 Å². The summed E-state index contributed by atoms with van der Waals surface area (Å²) in [6, 6.07) is 0. The van der Waals surface area contributed by atoms with Gasteiger partial charge in [0.15, 0.2) is 0 Å². The molecule has 0 amide bonds. The van der Waals surface area contributed by atoms with Crippen LogP contribution in [0.4, 0.5) is 0 Å². The average molecular weight is 290 g/mol. The number of rotatable bonds is 9. The van der Waals surface area contributed by atoms with Gasteiger partial charge in [-0.2, -0.15) is 0 Å². The molecule has 20 heavy (non-hydrogen) atoms. The predicted octanol–water partition coefficient (Wildman–Crippen LogP) is 2.02. The van der Waals surface area contributed by atoms with E-state index in [2.05, 4.69) is 0 Å². The van der Waals surface area contributed by atoms with Crippen molar-refractivity contribution in [2.45, 2.75) is 71.2 Å². The van der Waals surface area contributed by atoms with E-state index in [4.69, 9.17) is 23.7 Å². The molecule has 0 aromatic rings. The molecule has 1 aliphatic heterocycles. The molecular formula is C15H30O5. The Morgan fingerprint density at radius 1 is 1.00 bits per heavy atom. The van der Waals surface area contributed by atoms with Crippen molar-refractivity contribution in [3.8, 4) is 0 Å². The zero-order valence-corrected chi connectivity index (χ0v) is 13.6. The zero-order valence-electron chi connectivity index (χ0n) is 13.6. The SMILES string of the molecule is COCCO[C@@H]1[C@H](OC(C)C)[C@@H](COC(C)C)O[C@H]1C. The van der Waals surface area contributed by atoms with Crippen molar-refractivity contribution in [3.05, 3.63) is 0 Å². The minimum absolute atomic E-state index is 0.00336. The van der Waals surface area contributed by atoms with Gasteiger partial charge < -0.3 is 23.7 Å². The van der Waals surface area contributed by atoms with Crippen LogP contribution in [-0.4, -0.2) is 63.6 Å². The van der Waals surface area contributed by atoms with Crippen LogP contribution in [0.1, 0.15) is 34.6 Å². The van der Waals surface area contributed by atoms with Crippen LogP contribution in [0.3, 0.4) is 0 Å². The lowest BCUT2D eigenvalue weighted by atomic mass is 10.1. The summed E-state index contributed by atoms with van der Waals surface area (Å²) < 4.78 is 28.5. The van der Waals surface area contributed by atoms with Crippen LogP contribution < -0.4 is 0 Å². The van der Waals surface area contributed by atoms with E-state index in [1.54, 1.807) is 7.11 Å². The first-order chi connectivity index (χ1) is 9.45. The third-order valence-corrected chi connectivity index (χ3v) is 3.16. The first kappa shape index (κ1) is 17.9. The summed E-state index contributed by atoms with van der Waals surface area (Å²) in [7, 11) is 1.67. The van der Waals surface area contributed by atoms with Gasteiger partial charge in [-0.3, -0.25) is 0 Å². The van der Waals surface area contributed by atoms with E-state index in [9.17, 15) is 0 Å². The Morgan fingerprint density at radius 2 is 1.70 bits per heavy atom. The van der Waals surface area contributed by atoms with E-state index in [-0.39, 0.29) is 36.6 Å². The molecule has 0 saturated carbocycles. The van der Waals surface area contributed by atoms with Crippen molar-refractivity contribution in [1.82, 2.24) is 0 Å². The highest BCUT2D eigenvalue weighted by atomic mass is 16.6. The highest BCUT2D eigenvalue weighted by molar-refractivity contribution is 4.91. The molecule has 0 N–H and O–H groups in total. The molecule has 120 valence electrons. The molecule has 1 aliphatic rings. The van der Waals surface area contributed by atoms with Crippen molar-refractivity contribution in [1.29, 1.82) is 0 Å². The van der Waals surface area contributed by atoms with E-state index in [1.165, 1.54) is 0 Å². The fourth-order valence-corrected chi connectivity index (χ4v) is 2.31. The van der Waals surface area contributed by atoms with E-state index in [1.807, 2.05) is 34.6 Å². The van der Waals surface area contributed by atoms with Gasteiger partial charge in [0.1, 0.15) is 18.3 Å². The summed E-state index contributed by atoms with van der Waals surface area (Å²) in [5.41, 5.74) is 0. The van der Waals surface area contributed by atoms with Crippen LogP contribution >= 0.6 is 0 Å². The Labute approximate surface area is 122 Å². The number of hydrogen-bond donors (Lipinski definition) is 0. The lowest BCUT2D eigenvalue weighted by Gasteiger charge is -2.26. The second-order valence-corrected chi connectivity index (χ2v) is 5.74. The van der Waals surface area contributed by atoms with Crippen molar-refractivity contribution in [2.24, 2.45) is 0 Å². The maximum atomic E-state index is 6.00. The molecule has 5 heteroatoms. The Hall–Kier alpha value is -0.200. The first-order valence-corrected chi connectivity index (χ1v) is 7.48. The van der Waals surface area contributed by atoms with E-state index in [0.717, 1.165) is 0 Å². The molecule has 4 atom stereocenters. The summed E-state index contributed by atoms with van der Waals surface area (Å²) in [6.45, 7) is 11.8. The van der Waals surface area contributed by atoms with Crippen LogP contribution in [0, 0.1) is 0 Å². The fraction of sp³-hybridized carbons (Fsp3) is 1.00. The maximum absolute atomic E-state index is 6.00. The normalized spacial score (nSPS) is 30.6. The molecule has 5 nitrogen and oxygen atoms in total. The molecule has 0 spiro atoms. The summed E-state index contributed by atoms with van der Waals surface area (Å²) in [6.07, 6.45) is 0.0543. The molecule has 1 saturated heterocycles. The molecule has 0 aromatic carbocycles. The quantitative estimate of drug-likeness (QED) is 0.608. The third-order valence-electron chi connectivity index (χ3n) is 3.16. The van der Waals surface area contributed by atoms with E-state index in [0.29, 0.717) is 19.8 Å². The lowest BCUT2D eigenvalue weighted by Crippen LogP contribution is -2.41. The highest BCUT2D eigenvalue weighted by Crippen LogP contribution is 2.28. The van der Waals surface area contributed by atoms with Crippen LogP contribution in [0.2, 0.25) is 0 Å². The maximum Gasteiger partial charge on any atom is 0.115 e. The number of ether oxygens (including phenoxy) is 5. The summed E-state index contributed by atoms with van der Waals surface area (Å²) in [5.74, 6) is 0. The molecule has 0 aliphatic carbocycles. The predicted molar refractivity (Wildman–Crippen MR) is 77.0 cm³/mol. The standard InChI is InChI=1S/C15H30O5/c1-10(2)18-9-13-15(19-11(3)4)14(12(5)20-13)17-8-7-16-6/h10-15H,7-9H2,1-6H3/t12-,13+,14-,15+/m0/s1. The monoisotopic (exact) mass is 290 g/mol. The lowest BCUT2D eigenvalue weighted by molar-refractivity contribution is -0.106. The van der Waals surface area contributed by atoms with Gasteiger partial charge in [-0.15, -0.1) is 0 Å². The van der Waals surface area contributed by atoms with Gasteiger partial charge >= 0.3 is 0 Å². The van der Waals surface area contributed by atoms with Crippen molar-refractivity contribution >= 4 is 0 Å². The second-order valence-electron chi connectivity index (χ2n) is 5.74. The van der Waals surface area contributed by atoms with Crippen molar-refractivity contribution in [2.75, 3.05) is 26.9 Å². The molecule has 0 aromatic heterocycles. The van der Waals surface area contributed by atoms with Crippen LogP contribution in [0.15, 0.2) is 0 Å². The minimum atomic E-state index is -0.0967. The fourth-order valence-electron chi connectivity index (χ4n) is 2.31. The van der Waals surface area contributed by atoms with Crippen molar-refractivity contribution < 1.29 is 23.7 Å². The topological polar surface area (TPSA) is 46.2 Å². The zero-order chi connectivity index (χ0) is 15.1. The smallest absolute Gasteiger partial charge is 0.115 e. The average Bonchev–Trinajstić information content (AvgIpc) is 2.64. The Bertz CT molecular complexity index is 257. The largest absolute Gasteiger partial charge is 0.382 e. The van der Waals surface area contributed by atoms with Gasteiger partial charge in [0.25, 0.3) is 0 Å². The summed E-state index contributed by atoms with van der Waals surface area (Å²) in [5, 5.41) is 0. The Kier molecular flexibility index (Phi) is 7.99. The molecule has 1 heterocycles. The van der Waals surface area contributed by atoms with Crippen LogP contribution in [0.5, 0.6) is 0 Å². The number of methoxy groups -OCH3 is 1. The van der Waals surface area contributed by atoms with E-state index >= 15 is 0 Å². The summed E-state index contributed by atoms with van der Waals surface area (Å²) in [4.78, 5) is 0. The van der Waals surface area contributed by atoms with Gasteiger partial charge in [-0.1, -0.05) is 0 Å². The molecule has 0 bridgehead atoms. The molecule has 1 rings (SSSR count). The summed E-state index contributed by atoms with van der Waals surface area (Å²) >= 11 is 0. The molecule has 0 radical (unpaired) electrons. The van der Waals surface area contributed by atoms with Crippen LogP contribution in [-0.2, 0) is 23.7 Å². The molecular weight excluding hydrogens is 260 g/mol.